The lowest BCUT2D eigenvalue weighted by Crippen LogP contribution is -2.28. The van der Waals surface area contributed by atoms with Crippen molar-refractivity contribution in [3.8, 4) is 0 Å². The van der Waals surface area contributed by atoms with Gasteiger partial charge in [0.05, 0.1) is 11.3 Å². The van der Waals surface area contributed by atoms with Crippen molar-refractivity contribution in [3.05, 3.63) is 53.6 Å². The summed E-state index contributed by atoms with van der Waals surface area (Å²) in [6.45, 7) is 0.941. The van der Waals surface area contributed by atoms with Crippen molar-refractivity contribution in [2.24, 2.45) is 0 Å². The molecule has 1 aliphatic heterocycles. The molecule has 3 amide bonds. The molecular weight excluding hydrogens is 373 g/mol. The number of hydrogen-bond acceptors (Lipinski definition) is 3. The number of nitrogens with one attached hydrogen (secondary N) is 2. The molecule has 0 saturated carbocycles. The highest BCUT2D eigenvalue weighted by atomic mass is 19.4. The molecular formula is C19H19F3N4O2. The highest BCUT2D eigenvalue weighted by Gasteiger charge is 2.34. The van der Waals surface area contributed by atoms with Crippen molar-refractivity contribution in [2.45, 2.75) is 6.18 Å². The molecule has 1 fully saturated rings. The zero-order chi connectivity index (χ0) is 20.5. The van der Waals surface area contributed by atoms with Gasteiger partial charge in [-0.05, 0) is 36.4 Å². The Balaban J connectivity index is 1.88. The lowest BCUT2D eigenvalue weighted by atomic mass is 10.1. The van der Waals surface area contributed by atoms with E-state index in [0.717, 1.165) is 6.07 Å². The SMILES string of the molecule is CN(C)c1ccc(NC(=O)c2cccc(N3CCNC3=O)c2)c(C(F)(F)F)c1. The van der Waals surface area contributed by atoms with Gasteiger partial charge >= 0.3 is 12.2 Å². The first-order valence-electron chi connectivity index (χ1n) is 8.52. The van der Waals surface area contributed by atoms with Crippen molar-refractivity contribution in [3.63, 3.8) is 0 Å². The number of alkyl halides is 3. The molecule has 1 aliphatic rings. The van der Waals surface area contributed by atoms with Crippen LogP contribution in [0.25, 0.3) is 0 Å². The van der Waals surface area contributed by atoms with Crippen LogP contribution in [0.15, 0.2) is 42.5 Å². The molecule has 9 heteroatoms. The van der Waals surface area contributed by atoms with E-state index >= 15 is 0 Å². The van der Waals surface area contributed by atoms with E-state index in [1.807, 2.05) is 0 Å². The second-order valence-corrected chi connectivity index (χ2v) is 6.51. The average molecular weight is 392 g/mol. The Bertz CT molecular complexity index is 912. The summed E-state index contributed by atoms with van der Waals surface area (Å²) in [4.78, 5) is 27.3. The molecule has 0 aromatic heterocycles. The van der Waals surface area contributed by atoms with Crippen LogP contribution in [0, 0.1) is 0 Å². The molecule has 1 heterocycles. The number of benzene rings is 2. The number of carbonyl (C=O) groups is 2. The molecule has 3 rings (SSSR count). The van der Waals surface area contributed by atoms with Gasteiger partial charge in [0.1, 0.15) is 0 Å². The number of nitrogens with zero attached hydrogens (tertiary/aromatic N) is 2. The van der Waals surface area contributed by atoms with Gasteiger partial charge < -0.3 is 15.5 Å². The van der Waals surface area contributed by atoms with Crippen molar-refractivity contribution in [1.29, 1.82) is 0 Å². The van der Waals surface area contributed by atoms with Gasteiger partial charge in [0.15, 0.2) is 0 Å². The van der Waals surface area contributed by atoms with Crippen LogP contribution in [0.2, 0.25) is 0 Å². The fourth-order valence-corrected chi connectivity index (χ4v) is 2.88. The number of urea groups is 1. The highest BCUT2D eigenvalue weighted by Crippen LogP contribution is 2.37. The van der Waals surface area contributed by atoms with Crippen molar-refractivity contribution < 1.29 is 22.8 Å². The average Bonchev–Trinajstić information content (AvgIpc) is 3.07. The van der Waals surface area contributed by atoms with Crippen LogP contribution in [0.4, 0.5) is 35.0 Å². The Morgan fingerprint density at radius 1 is 1.18 bits per heavy atom. The number of hydrogen-bond donors (Lipinski definition) is 2. The molecule has 2 aromatic rings. The quantitative estimate of drug-likeness (QED) is 0.836. The summed E-state index contributed by atoms with van der Waals surface area (Å²) in [7, 11) is 3.27. The van der Waals surface area contributed by atoms with E-state index in [4.69, 9.17) is 0 Å². The molecule has 28 heavy (non-hydrogen) atoms. The first-order valence-corrected chi connectivity index (χ1v) is 8.52. The van der Waals surface area contributed by atoms with Crippen LogP contribution < -0.4 is 20.4 Å². The Morgan fingerprint density at radius 2 is 1.93 bits per heavy atom. The molecule has 0 bridgehead atoms. The summed E-state index contributed by atoms with van der Waals surface area (Å²) < 4.78 is 40.3. The van der Waals surface area contributed by atoms with Crippen molar-refractivity contribution in [2.75, 3.05) is 42.3 Å². The molecule has 0 aliphatic carbocycles. The van der Waals surface area contributed by atoms with Crippen LogP contribution in [0.5, 0.6) is 0 Å². The van der Waals surface area contributed by atoms with Gasteiger partial charge in [0, 0.05) is 44.1 Å². The second-order valence-electron chi connectivity index (χ2n) is 6.51. The summed E-state index contributed by atoms with van der Waals surface area (Å²) in [5.74, 6) is -0.690. The third-order valence-corrected chi connectivity index (χ3v) is 4.35. The predicted molar refractivity (Wildman–Crippen MR) is 101 cm³/mol. The minimum absolute atomic E-state index is 0.155. The second kappa shape index (κ2) is 7.41. The zero-order valence-electron chi connectivity index (χ0n) is 15.3. The first kappa shape index (κ1) is 19.5. The van der Waals surface area contributed by atoms with Gasteiger partial charge in [0.25, 0.3) is 5.91 Å². The predicted octanol–water partition coefficient (Wildman–Crippen LogP) is 3.55. The molecule has 2 aromatic carbocycles. The largest absolute Gasteiger partial charge is 0.418 e. The Morgan fingerprint density at radius 3 is 2.54 bits per heavy atom. The molecule has 0 spiro atoms. The fourth-order valence-electron chi connectivity index (χ4n) is 2.88. The summed E-state index contributed by atoms with van der Waals surface area (Å²) >= 11 is 0. The van der Waals surface area contributed by atoms with Crippen molar-refractivity contribution in [1.82, 2.24) is 5.32 Å². The van der Waals surface area contributed by atoms with E-state index in [1.165, 1.54) is 29.2 Å². The smallest absolute Gasteiger partial charge is 0.378 e. The number of anilines is 3. The maximum absolute atomic E-state index is 13.4. The Kier molecular flexibility index (Phi) is 5.17. The standard InChI is InChI=1S/C19H19F3N4O2/c1-25(2)13-6-7-16(15(11-13)19(20,21)22)24-17(27)12-4-3-5-14(10-12)26-9-8-23-18(26)28/h3-7,10-11H,8-9H2,1-2H3,(H,23,28)(H,24,27). The molecule has 6 nitrogen and oxygen atoms in total. The van der Waals surface area contributed by atoms with Gasteiger partial charge in [-0.25, -0.2) is 4.79 Å². The molecule has 1 saturated heterocycles. The number of rotatable bonds is 4. The van der Waals surface area contributed by atoms with Gasteiger partial charge in [-0.3, -0.25) is 9.69 Å². The van der Waals surface area contributed by atoms with Gasteiger partial charge in [-0.15, -0.1) is 0 Å². The highest BCUT2D eigenvalue weighted by molar-refractivity contribution is 6.06. The number of halogens is 3. The van der Waals surface area contributed by atoms with E-state index in [-0.39, 0.29) is 17.3 Å². The fraction of sp³-hybridized carbons (Fsp3) is 0.263. The van der Waals surface area contributed by atoms with Gasteiger partial charge in [-0.1, -0.05) is 6.07 Å². The lowest BCUT2D eigenvalue weighted by Gasteiger charge is -2.19. The van der Waals surface area contributed by atoms with E-state index in [2.05, 4.69) is 10.6 Å². The van der Waals surface area contributed by atoms with Crippen LogP contribution in [0.1, 0.15) is 15.9 Å². The first-order chi connectivity index (χ1) is 13.2. The van der Waals surface area contributed by atoms with Gasteiger partial charge in [-0.2, -0.15) is 13.2 Å². The summed E-state index contributed by atoms with van der Waals surface area (Å²) in [6.07, 6.45) is -4.62. The monoisotopic (exact) mass is 392 g/mol. The Hall–Kier alpha value is -3.23. The van der Waals surface area contributed by atoms with E-state index in [0.29, 0.717) is 24.5 Å². The maximum atomic E-state index is 13.4. The van der Waals surface area contributed by atoms with E-state index < -0.39 is 17.6 Å². The summed E-state index contributed by atoms with van der Waals surface area (Å²) in [6, 6.07) is 9.63. The maximum Gasteiger partial charge on any atom is 0.418 e. The minimum Gasteiger partial charge on any atom is -0.378 e. The molecule has 148 valence electrons. The van der Waals surface area contributed by atoms with Gasteiger partial charge in [0.2, 0.25) is 0 Å². The molecule has 0 radical (unpaired) electrons. The third-order valence-electron chi connectivity index (χ3n) is 4.35. The molecule has 2 N–H and O–H groups in total. The van der Waals surface area contributed by atoms with E-state index in [9.17, 15) is 22.8 Å². The van der Waals surface area contributed by atoms with Crippen LogP contribution in [-0.2, 0) is 6.18 Å². The van der Waals surface area contributed by atoms with Crippen LogP contribution >= 0.6 is 0 Å². The lowest BCUT2D eigenvalue weighted by molar-refractivity contribution is -0.136. The van der Waals surface area contributed by atoms with Crippen molar-refractivity contribution >= 4 is 29.0 Å². The third kappa shape index (κ3) is 4.03. The number of amides is 3. The Labute approximate surface area is 159 Å². The number of carbonyl (C=O) groups excluding carboxylic acids is 2. The molecule has 0 atom stereocenters. The zero-order valence-corrected chi connectivity index (χ0v) is 15.3. The topological polar surface area (TPSA) is 64.7 Å². The summed E-state index contributed by atoms with van der Waals surface area (Å²) in [5, 5.41) is 4.98. The summed E-state index contributed by atoms with van der Waals surface area (Å²) in [5.41, 5.74) is -0.231. The van der Waals surface area contributed by atoms with Crippen LogP contribution in [-0.4, -0.2) is 39.1 Å². The van der Waals surface area contributed by atoms with E-state index in [1.54, 1.807) is 31.1 Å². The normalized spacial score (nSPS) is 14.0. The molecule has 0 unspecified atom stereocenters. The van der Waals surface area contributed by atoms with Crippen LogP contribution in [0.3, 0.4) is 0 Å². The minimum atomic E-state index is -4.62.